The first-order valence-electron chi connectivity index (χ1n) is 5.47. The van der Waals surface area contributed by atoms with E-state index in [1.54, 1.807) is 11.8 Å². The van der Waals surface area contributed by atoms with E-state index in [0.29, 0.717) is 6.42 Å². The first kappa shape index (κ1) is 14.4. The maximum Gasteiger partial charge on any atom is 0.234 e. The molecule has 1 unspecified atom stereocenters. The molecule has 17 heavy (non-hydrogen) atoms. The smallest absolute Gasteiger partial charge is 0.234 e. The van der Waals surface area contributed by atoms with Crippen LogP contribution < -0.4 is 11.1 Å². The number of nitrogens with two attached hydrogens (primary N) is 1. The average Bonchev–Trinajstić information content (AvgIpc) is 2.62. The SMILES string of the molecule is Cc1nsc(SCCC(NC(C)C)C(N)=O)n1. The van der Waals surface area contributed by atoms with E-state index in [9.17, 15) is 4.79 Å². The largest absolute Gasteiger partial charge is 0.368 e. The third-order valence-corrected chi connectivity index (χ3v) is 3.98. The van der Waals surface area contributed by atoms with E-state index in [1.807, 2.05) is 20.8 Å². The molecule has 1 aromatic rings. The van der Waals surface area contributed by atoms with Gasteiger partial charge in [0.05, 0.1) is 6.04 Å². The molecular formula is C10H18N4OS2. The standard InChI is InChI=1S/C10H18N4OS2/c1-6(2)12-8(9(11)15)4-5-16-10-13-7(3)14-17-10/h6,8,12H,4-5H2,1-3H3,(H2,11,15). The minimum absolute atomic E-state index is 0.251. The summed E-state index contributed by atoms with van der Waals surface area (Å²) >= 11 is 3.00. The van der Waals surface area contributed by atoms with Crippen molar-refractivity contribution in [3.63, 3.8) is 0 Å². The first-order chi connectivity index (χ1) is 7.99. The highest BCUT2D eigenvalue weighted by atomic mass is 32.2. The normalized spacial score (nSPS) is 12.9. The number of rotatable bonds is 7. The Morgan fingerprint density at radius 3 is 2.76 bits per heavy atom. The van der Waals surface area contributed by atoms with Crippen molar-refractivity contribution in [1.29, 1.82) is 0 Å². The van der Waals surface area contributed by atoms with Crippen LogP contribution in [0.25, 0.3) is 0 Å². The summed E-state index contributed by atoms with van der Waals surface area (Å²) in [6.07, 6.45) is 0.705. The van der Waals surface area contributed by atoms with Gasteiger partial charge in [0.15, 0.2) is 4.34 Å². The Labute approximate surface area is 110 Å². The third-order valence-electron chi connectivity index (χ3n) is 2.02. The Hall–Kier alpha value is -0.660. The van der Waals surface area contributed by atoms with Crippen LogP contribution in [0.5, 0.6) is 0 Å². The zero-order chi connectivity index (χ0) is 12.8. The Morgan fingerprint density at radius 2 is 2.29 bits per heavy atom. The predicted octanol–water partition coefficient (Wildman–Crippen LogP) is 1.18. The van der Waals surface area contributed by atoms with E-state index in [2.05, 4.69) is 14.7 Å². The third kappa shape index (κ3) is 5.47. The summed E-state index contributed by atoms with van der Waals surface area (Å²) in [7, 11) is 0. The summed E-state index contributed by atoms with van der Waals surface area (Å²) in [5.74, 6) is 1.30. The van der Waals surface area contributed by atoms with Gasteiger partial charge in [-0.15, -0.1) is 0 Å². The van der Waals surface area contributed by atoms with Crippen molar-refractivity contribution in [2.75, 3.05) is 5.75 Å². The molecule has 0 aliphatic rings. The lowest BCUT2D eigenvalue weighted by Crippen LogP contribution is -2.44. The molecule has 7 heteroatoms. The van der Waals surface area contributed by atoms with E-state index in [0.717, 1.165) is 15.9 Å². The maximum atomic E-state index is 11.2. The topological polar surface area (TPSA) is 80.9 Å². The Bertz CT molecular complexity index is 367. The van der Waals surface area contributed by atoms with E-state index in [4.69, 9.17) is 5.73 Å². The van der Waals surface area contributed by atoms with Gasteiger partial charge in [0, 0.05) is 11.8 Å². The van der Waals surface area contributed by atoms with Crippen molar-refractivity contribution < 1.29 is 4.79 Å². The van der Waals surface area contributed by atoms with E-state index >= 15 is 0 Å². The molecule has 3 N–H and O–H groups in total. The number of nitrogens with zero attached hydrogens (tertiary/aromatic N) is 2. The fraction of sp³-hybridized carbons (Fsp3) is 0.700. The number of carbonyl (C=O) groups is 1. The van der Waals surface area contributed by atoms with Crippen molar-refractivity contribution in [3.8, 4) is 0 Å². The van der Waals surface area contributed by atoms with Crippen LogP contribution in [-0.2, 0) is 4.79 Å². The summed E-state index contributed by atoms with van der Waals surface area (Å²) in [5, 5.41) is 3.15. The van der Waals surface area contributed by atoms with Crippen LogP contribution in [0.1, 0.15) is 26.1 Å². The highest BCUT2D eigenvalue weighted by Gasteiger charge is 2.15. The molecule has 1 amide bonds. The van der Waals surface area contributed by atoms with Gasteiger partial charge in [0.25, 0.3) is 0 Å². The molecule has 0 spiro atoms. The lowest BCUT2D eigenvalue weighted by atomic mass is 10.2. The fourth-order valence-corrected chi connectivity index (χ4v) is 3.03. The molecule has 0 fully saturated rings. The van der Waals surface area contributed by atoms with E-state index in [1.165, 1.54) is 11.5 Å². The number of primary amides is 1. The fourth-order valence-electron chi connectivity index (χ4n) is 1.31. The molecule has 0 saturated heterocycles. The number of hydrogen-bond donors (Lipinski definition) is 2. The molecule has 0 aliphatic heterocycles. The van der Waals surface area contributed by atoms with Gasteiger partial charge < -0.3 is 11.1 Å². The molecule has 0 aliphatic carbocycles. The Kier molecular flexibility index (Phi) is 5.87. The summed E-state index contributed by atoms with van der Waals surface area (Å²) < 4.78 is 5.04. The van der Waals surface area contributed by atoms with Crippen LogP contribution in [0.3, 0.4) is 0 Å². The van der Waals surface area contributed by atoms with Gasteiger partial charge in [0.2, 0.25) is 5.91 Å². The summed E-state index contributed by atoms with van der Waals surface area (Å²) in [5.41, 5.74) is 5.33. The van der Waals surface area contributed by atoms with Crippen LogP contribution in [0.4, 0.5) is 0 Å². The molecule has 1 heterocycles. The second-order valence-electron chi connectivity index (χ2n) is 4.02. The molecule has 0 bridgehead atoms. The van der Waals surface area contributed by atoms with Crippen molar-refractivity contribution in [2.45, 2.75) is 43.6 Å². The molecular weight excluding hydrogens is 256 g/mol. The van der Waals surface area contributed by atoms with E-state index in [-0.39, 0.29) is 18.0 Å². The molecule has 0 saturated carbocycles. The average molecular weight is 274 g/mol. The van der Waals surface area contributed by atoms with Crippen LogP contribution >= 0.6 is 23.3 Å². The van der Waals surface area contributed by atoms with Gasteiger partial charge in [-0.25, -0.2) is 4.98 Å². The number of aromatic nitrogens is 2. The molecule has 1 aromatic heterocycles. The minimum atomic E-state index is -0.298. The Balaban J connectivity index is 2.34. The predicted molar refractivity (Wildman–Crippen MR) is 71.2 cm³/mol. The first-order valence-corrected chi connectivity index (χ1v) is 7.23. The van der Waals surface area contributed by atoms with Crippen molar-refractivity contribution in [2.24, 2.45) is 5.73 Å². The van der Waals surface area contributed by atoms with Crippen LogP contribution in [0.15, 0.2) is 4.34 Å². The quantitative estimate of drug-likeness (QED) is 0.730. The number of amides is 1. The molecule has 96 valence electrons. The van der Waals surface area contributed by atoms with Crippen molar-refractivity contribution >= 4 is 29.2 Å². The second kappa shape index (κ2) is 6.93. The molecule has 5 nitrogen and oxygen atoms in total. The van der Waals surface area contributed by atoms with Gasteiger partial charge in [0.1, 0.15) is 5.82 Å². The minimum Gasteiger partial charge on any atom is -0.368 e. The summed E-state index contributed by atoms with van der Waals surface area (Å²) in [6.45, 7) is 5.86. The molecule has 1 atom stereocenters. The van der Waals surface area contributed by atoms with Crippen LogP contribution in [0, 0.1) is 6.92 Å². The van der Waals surface area contributed by atoms with Gasteiger partial charge in [-0.1, -0.05) is 25.6 Å². The van der Waals surface area contributed by atoms with Crippen molar-refractivity contribution in [3.05, 3.63) is 5.82 Å². The lowest BCUT2D eigenvalue weighted by Gasteiger charge is -2.17. The molecule has 1 rings (SSSR count). The van der Waals surface area contributed by atoms with Gasteiger partial charge in [-0.3, -0.25) is 4.79 Å². The number of nitrogens with one attached hydrogen (secondary N) is 1. The van der Waals surface area contributed by atoms with Crippen LogP contribution in [-0.4, -0.2) is 33.1 Å². The number of aryl methyl sites for hydroxylation is 1. The van der Waals surface area contributed by atoms with E-state index < -0.39 is 0 Å². The summed E-state index contributed by atoms with van der Waals surface area (Å²) in [4.78, 5) is 15.5. The molecule has 0 aromatic carbocycles. The number of hydrogen-bond acceptors (Lipinski definition) is 6. The zero-order valence-electron chi connectivity index (χ0n) is 10.3. The number of thioether (sulfide) groups is 1. The molecule has 0 radical (unpaired) electrons. The van der Waals surface area contributed by atoms with Gasteiger partial charge in [-0.05, 0) is 24.9 Å². The maximum absolute atomic E-state index is 11.2. The lowest BCUT2D eigenvalue weighted by molar-refractivity contribution is -0.120. The monoisotopic (exact) mass is 274 g/mol. The van der Waals surface area contributed by atoms with Gasteiger partial charge in [-0.2, -0.15) is 4.37 Å². The highest BCUT2D eigenvalue weighted by molar-refractivity contribution is 8.00. The summed E-state index contributed by atoms with van der Waals surface area (Å²) in [6, 6.07) is -0.0159. The van der Waals surface area contributed by atoms with Crippen molar-refractivity contribution in [1.82, 2.24) is 14.7 Å². The number of carbonyl (C=O) groups excluding carboxylic acids is 1. The zero-order valence-corrected chi connectivity index (χ0v) is 11.9. The highest BCUT2D eigenvalue weighted by Crippen LogP contribution is 2.21. The Morgan fingerprint density at radius 1 is 1.59 bits per heavy atom. The second-order valence-corrected chi connectivity index (χ2v) is 6.11. The van der Waals surface area contributed by atoms with Gasteiger partial charge >= 0.3 is 0 Å². The van der Waals surface area contributed by atoms with Crippen LogP contribution in [0.2, 0.25) is 0 Å².